The molecule has 0 bridgehead atoms. The smallest absolute Gasteiger partial charge is 0.250 e. The minimum Gasteiger partial charge on any atom is -0.366 e. The number of amides is 1. The summed E-state index contributed by atoms with van der Waals surface area (Å²) in [7, 11) is 0. The quantitative estimate of drug-likeness (QED) is 0.865. The summed E-state index contributed by atoms with van der Waals surface area (Å²) in [5.41, 5.74) is 5.57. The van der Waals surface area contributed by atoms with E-state index in [0.29, 0.717) is 11.4 Å². The predicted molar refractivity (Wildman–Crippen MR) is 71.5 cm³/mol. The van der Waals surface area contributed by atoms with Crippen LogP contribution in [0.2, 0.25) is 0 Å². The molecule has 0 aliphatic heterocycles. The third-order valence-electron chi connectivity index (χ3n) is 2.53. The highest BCUT2D eigenvalue weighted by atomic mass is 32.1. The van der Waals surface area contributed by atoms with Gasteiger partial charge in [-0.25, -0.2) is 9.97 Å². The van der Waals surface area contributed by atoms with Crippen LogP contribution >= 0.6 is 11.3 Å². The van der Waals surface area contributed by atoms with E-state index < -0.39 is 5.91 Å². The lowest BCUT2D eigenvalue weighted by Crippen LogP contribution is -2.13. The molecule has 94 valence electrons. The Morgan fingerprint density at radius 1 is 1.50 bits per heavy atom. The van der Waals surface area contributed by atoms with Gasteiger partial charge in [0.1, 0.15) is 10.8 Å². The van der Waals surface area contributed by atoms with Crippen LogP contribution in [0.25, 0.3) is 0 Å². The topological polar surface area (TPSA) is 80.9 Å². The fraction of sp³-hybridized carbons (Fsp3) is 0.250. The third-order valence-corrected chi connectivity index (χ3v) is 3.42. The first-order valence-corrected chi connectivity index (χ1v) is 6.50. The van der Waals surface area contributed by atoms with Crippen LogP contribution in [0.5, 0.6) is 0 Å². The number of pyridine rings is 1. The molecule has 2 rings (SSSR count). The molecule has 5 nitrogen and oxygen atoms in total. The molecule has 0 fully saturated rings. The van der Waals surface area contributed by atoms with E-state index in [-0.39, 0.29) is 6.04 Å². The van der Waals surface area contributed by atoms with E-state index in [1.54, 1.807) is 29.7 Å². The Labute approximate surface area is 109 Å². The SMILES string of the molecule is CCC(Nc1ccc(C(N)=O)cn1)c1nccs1. The van der Waals surface area contributed by atoms with Crippen molar-refractivity contribution >= 4 is 23.1 Å². The second-order valence-electron chi connectivity index (χ2n) is 3.77. The molecule has 0 spiro atoms. The van der Waals surface area contributed by atoms with Crippen LogP contribution in [0.3, 0.4) is 0 Å². The molecule has 6 heteroatoms. The lowest BCUT2D eigenvalue weighted by molar-refractivity contribution is 0.1000. The van der Waals surface area contributed by atoms with Crippen molar-refractivity contribution in [2.24, 2.45) is 5.73 Å². The van der Waals surface area contributed by atoms with E-state index >= 15 is 0 Å². The summed E-state index contributed by atoms with van der Waals surface area (Å²) in [5.74, 6) is 0.239. The first-order chi connectivity index (χ1) is 8.70. The zero-order valence-corrected chi connectivity index (χ0v) is 10.8. The minimum absolute atomic E-state index is 0.136. The van der Waals surface area contributed by atoms with E-state index in [1.165, 1.54) is 6.20 Å². The number of carbonyl (C=O) groups excluding carboxylic acids is 1. The van der Waals surface area contributed by atoms with Gasteiger partial charge in [-0.05, 0) is 18.6 Å². The molecule has 2 aromatic heterocycles. The number of anilines is 1. The van der Waals surface area contributed by atoms with Crippen molar-refractivity contribution in [2.75, 3.05) is 5.32 Å². The Kier molecular flexibility index (Phi) is 3.88. The van der Waals surface area contributed by atoms with E-state index in [4.69, 9.17) is 5.73 Å². The first-order valence-electron chi connectivity index (χ1n) is 5.62. The molecule has 2 heterocycles. The van der Waals surface area contributed by atoms with Gasteiger partial charge in [-0.2, -0.15) is 0 Å². The zero-order valence-electron chi connectivity index (χ0n) is 9.96. The number of hydrogen-bond acceptors (Lipinski definition) is 5. The fourth-order valence-corrected chi connectivity index (χ4v) is 2.32. The maximum atomic E-state index is 10.9. The van der Waals surface area contributed by atoms with Crippen LogP contribution in [0.15, 0.2) is 29.9 Å². The zero-order chi connectivity index (χ0) is 13.0. The normalized spacial score (nSPS) is 12.1. The number of carbonyl (C=O) groups is 1. The van der Waals surface area contributed by atoms with Crippen LogP contribution in [-0.2, 0) is 0 Å². The highest BCUT2D eigenvalue weighted by Gasteiger charge is 2.12. The van der Waals surface area contributed by atoms with Crippen molar-refractivity contribution in [3.63, 3.8) is 0 Å². The lowest BCUT2D eigenvalue weighted by Gasteiger charge is -2.14. The largest absolute Gasteiger partial charge is 0.366 e. The Hall–Kier alpha value is -1.95. The molecule has 0 aliphatic carbocycles. The molecule has 1 atom stereocenters. The van der Waals surface area contributed by atoms with Crippen molar-refractivity contribution in [3.8, 4) is 0 Å². The maximum absolute atomic E-state index is 10.9. The summed E-state index contributed by atoms with van der Waals surface area (Å²) in [6.07, 6.45) is 4.17. The van der Waals surface area contributed by atoms with Gasteiger partial charge in [-0.1, -0.05) is 6.92 Å². The lowest BCUT2D eigenvalue weighted by atomic mass is 10.2. The minimum atomic E-state index is -0.471. The van der Waals surface area contributed by atoms with Crippen LogP contribution in [-0.4, -0.2) is 15.9 Å². The summed E-state index contributed by atoms with van der Waals surface area (Å²) in [6.45, 7) is 2.08. The van der Waals surface area contributed by atoms with Crippen molar-refractivity contribution in [2.45, 2.75) is 19.4 Å². The number of thiazole rings is 1. The predicted octanol–water partition coefficient (Wildman–Crippen LogP) is 2.20. The maximum Gasteiger partial charge on any atom is 0.250 e. The van der Waals surface area contributed by atoms with E-state index in [2.05, 4.69) is 22.2 Å². The number of rotatable bonds is 5. The second kappa shape index (κ2) is 5.59. The Bertz CT molecular complexity index is 509. The molecule has 0 aromatic carbocycles. The summed E-state index contributed by atoms with van der Waals surface area (Å²) in [6, 6.07) is 3.54. The molecule has 3 N–H and O–H groups in total. The van der Waals surface area contributed by atoms with Gasteiger partial charge in [0.15, 0.2) is 0 Å². The van der Waals surface area contributed by atoms with Crippen LogP contribution in [0, 0.1) is 0 Å². The van der Waals surface area contributed by atoms with Gasteiger partial charge in [0, 0.05) is 17.8 Å². The highest BCUT2D eigenvalue weighted by Crippen LogP contribution is 2.23. The van der Waals surface area contributed by atoms with Crippen LogP contribution < -0.4 is 11.1 Å². The molecule has 1 unspecified atom stereocenters. The Morgan fingerprint density at radius 3 is 2.83 bits per heavy atom. The van der Waals surface area contributed by atoms with Gasteiger partial charge in [0.25, 0.3) is 0 Å². The molecule has 0 aliphatic rings. The molecule has 0 saturated carbocycles. The van der Waals surface area contributed by atoms with Gasteiger partial charge >= 0.3 is 0 Å². The summed E-state index contributed by atoms with van der Waals surface area (Å²) >= 11 is 1.61. The average molecular weight is 262 g/mol. The van der Waals surface area contributed by atoms with Gasteiger partial charge in [-0.15, -0.1) is 11.3 Å². The van der Waals surface area contributed by atoms with Crippen molar-refractivity contribution in [1.29, 1.82) is 0 Å². The molecule has 18 heavy (non-hydrogen) atoms. The van der Waals surface area contributed by atoms with Crippen LogP contribution in [0.1, 0.15) is 34.8 Å². The standard InChI is InChI=1S/C12H14N4OS/c1-2-9(12-14-5-6-18-12)16-10-4-3-8(7-15-10)11(13)17/h3-7,9H,2H2,1H3,(H2,13,17)(H,15,16). The van der Waals surface area contributed by atoms with Gasteiger partial charge in [-0.3, -0.25) is 4.79 Å². The van der Waals surface area contributed by atoms with E-state index in [9.17, 15) is 4.79 Å². The molecule has 0 saturated heterocycles. The monoisotopic (exact) mass is 262 g/mol. The van der Waals surface area contributed by atoms with E-state index in [1.807, 2.05) is 5.38 Å². The molecular formula is C12H14N4OS. The second-order valence-corrected chi connectivity index (χ2v) is 4.70. The molecule has 0 radical (unpaired) electrons. The van der Waals surface area contributed by atoms with Crippen molar-refractivity contribution in [3.05, 3.63) is 40.5 Å². The molecular weight excluding hydrogens is 248 g/mol. The summed E-state index contributed by atoms with van der Waals surface area (Å²) in [4.78, 5) is 19.4. The first kappa shape index (κ1) is 12.5. The number of primary amides is 1. The third kappa shape index (κ3) is 2.84. The average Bonchev–Trinajstić information content (AvgIpc) is 2.90. The molecule has 2 aromatic rings. The van der Waals surface area contributed by atoms with Gasteiger partial charge in [0.2, 0.25) is 5.91 Å². The van der Waals surface area contributed by atoms with Gasteiger partial charge < -0.3 is 11.1 Å². The number of aromatic nitrogens is 2. The summed E-state index contributed by atoms with van der Waals surface area (Å²) in [5, 5.41) is 6.26. The highest BCUT2D eigenvalue weighted by molar-refractivity contribution is 7.09. The Morgan fingerprint density at radius 2 is 2.33 bits per heavy atom. The van der Waals surface area contributed by atoms with Crippen LogP contribution in [0.4, 0.5) is 5.82 Å². The number of nitrogens with zero attached hydrogens (tertiary/aromatic N) is 2. The van der Waals surface area contributed by atoms with E-state index in [0.717, 1.165) is 11.4 Å². The summed E-state index contributed by atoms with van der Waals surface area (Å²) < 4.78 is 0. The van der Waals surface area contributed by atoms with Crippen molar-refractivity contribution in [1.82, 2.24) is 9.97 Å². The fourth-order valence-electron chi connectivity index (χ4n) is 1.55. The van der Waals surface area contributed by atoms with Crippen molar-refractivity contribution < 1.29 is 4.79 Å². The molecule has 1 amide bonds. The number of hydrogen-bond donors (Lipinski definition) is 2. The number of nitrogens with one attached hydrogen (secondary N) is 1. The van der Waals surface area contributed by atoms with Gasteiger partial charge in [0.05, 0.1) is 11.6 Å². The Balaban J connectivity index is 2.10. The number of nitrogens with two attached hydrogens (primary N) is 1.